The normalized spacial score (nSPS) is 15.4. The minimum absolute atomic E-state index is 0.151. The maximum Gasteiger partial charge on any atom is 0.227 e. The number of imidazole rings is 1. The van der Waals surface area contributed by atoms with E-state index in [1.807, 2.05) is 31.2 Å². The van der Waals surface area contributed by atoms with E-state index in [1.54, 1.807) is 6.33 Å². The van der Waals surface area contributed by atoms with E-state index in [0.29, 0.717) is 0 Å². The van der Waals surface area contributed by atoms with E-state index in [4.69, 9.17) is 0 Å². The number of H-pyrrole nitrogens is 1. The van der Waals surface area contributed by atoms with E-state index in [1.165, 1.54) is 12.8 Å². The fraction of sp³-hybridized carbons (Fsp3) is 0.375. The van der Waals surface area contributed by atoms with Gasteiger partial charge in [-0.3, -0.25) is 4.79 Å². The second-order valence-electron chi connectivity index (χ2n) is 5.43. The molecule has 3 rings (SSSR count). The van der Waals surface area contributed by atoms with Crippen LogP contribution in [-0.4, -0.2) is 15.9 Å². The Morgan fingerprint density at radius 2 is 2.15 bits per heavy atom. The van der Waals surface area contributed by atoms with Crippen LogP contribution in [0.1, 0.15) is 31.4 Å². The quantitative estimate of drug-likeness (QED) is 0.895. The van der Waals surface area contributed by atoms with Crippen molar-refractivity contribution in [2.75, 3.05) is 5.32 Å². The molecule has 2 aromatic rings. The summed E-state index contributed by atoms with van der Waals surface area (Å²) < 4.78 is 0. The number of amides is 1. The number of carbonyl (C=O) groups is 1. The van der Waals surface area contributed by atoms with Crippen LogP contribution in [0.2, 0.25) is 0 Å². The highest BCUT2D eigenvalue weighted by atomic mass is 16.1. The summed E-state index contributed by atoms with van der Waals surface area (Å²) in [6, 6.07) is 7.87. The summed E-state index contributed by atoms with van der Waals surface area (Å²) >= 11 is 0. The molecule has 0 unspecified atom stereocenters. The number of hydrogen-bond donors (Lipinski definition) is 2. The van der Waals surface area contributed by atoms with Crippen molar-refractivity contribution >= 4 is 11.6 Å². The number of nitrogens with zero attached hydrogens (tertiary/aromatic N) is 1. The molecule has 0 saturated heterocycles. The van der Waals surface area contributed by atoms with Gasteiger partial charge in [-0.1, -0.05) is 25.0 Å². The summed E-state index contributed by atoms with van der Waals surface area (Å²) in [5.74, 6) is 0.337. The highest BCUT2D eigenvalue weighted by Crippen LogP contribution is 2.27. The summed E-state index contributed by atoms with van der Waals surface area (Å²) in [4.78, 5) is 19.5. The van der Waals surface area contributed by atoms with E-state index >= 15 is 0 Å². The van der Waals surface area contributed by atoms with Gasteiger partial charge in [0.1, 0.15) is 0 Å². The molecule has 0 aliphatic heterocycles. The Morgan fingerprint density at radius 1 is 1.35 bits per heavy atom. The molecule has 1 aromatic heterocycles. The van der Waals surface area contributed by atoms with E-state index in [-0.39, 0.29) is 11.8 Å². The SMILES string of the molecule is Cc1[nH]cnc1-c1cccc(NC(=O)C2CCCC2)c1. The van der Waals surface area contributed by atoms with Crippen LogP contribution in [0.4, 0.5) is 5.69 Å². The monoisotopic (exact) mass is 269 g/mol. The van der Waals surface area contributed by atoms with Crippen LogP contribution in [0.25, 0.3) is 11.3 Å². The molecule has 2 N–H and O–H groups in total. The van der Waals surface area contributed by atoms with Gasteiger partial charge >= 0.3 is 0 Å². The zero-order valence-corrected chi connectivity index (χ0v) is 11.6. The van der Waals surface area contributed by atoms with Crippen molar-refractivity contribution in [2.24, 2.45) is 5.92 Å². The van der Waals surface area contributed by atoms with Crippen LogP contribution in [-0.2, 0) is 4.79 Å². The van der Waals surface area contributed by atoms with Crippen LogP contribution >= 0.6 is 0 Å². The minimum atomic E-state index is 0.151. The molecule has 20 heavy (non-hydrogen) atoms. The summed E-state index contributed by atoms with van der Waals surface area (Å²) in [5.41, 5.74) is 3.83. The van der Waals surface area contributed by atoms with Crippen molar-refractivity contribution < 1.29 is 4.79 Å². The highest BCUT2D eigenvalue weighted by molar-refractivity contribution is 5.93. The lowest BCUT2D eigenvalue weighted by Gasteiger charge is -2.11. The van der Waals surface area contributed by atoms with Crippen LogP contribution < -0.4 is 5.32 Å². The Morgan fingerprint density at radius 3 is 2.85 bits per heavy atom. The predicted octanol–water partition coefficient (Wildman–Crippen LogP) is 3.51. The fourth-order valence-electron chi connectivity index (χ4n) is 2.83. The molecule has 4 nitrogen and oxygen atoms in total. The summed E-state index contributed by atoms with van der Waals surface area (Å²) in [7, 11) is 0. The number of aryl methyl sites for hydroxylation is 1. The first kappa shape index (κ1) is 12.9. The Balaban J connectivity index is 1.78. The van der Waals surface area contributed by atoms with Gasteiger partial charge in [0, 0.05) is 22.9 Å². The molecule has 1 aromatic carbocycles. The van der Waals surface area contributed by atoms with Crippen molar-refractivity contribution in [3.05, 3.63) is 36.3 Å². The van der Waals surface area contributed by atoms with E-state index in [0.717, 1.165) is 35.5 Å². The van der Waals surface area contributed by atoms with Crippen molar-refractivity contribution in [3.8, 4) is 11.3 Å². The summed E-state index contributed by atoms with van der Waals surface area (Å²) in [6.07, 6.45) is 6.07. The molecule has 1 aliphatic rings. The van der Waals surface area contributed by atoms with Gasteiger partial charge in [0.25, 0.3) is 0 Å². The molecular formula is C16H19N3O. The Kier molecular flexibility index (Phi) is 3.54. The van der Waals surface area contributed by atoms with Crippen LogP contribution in [0.5, 0.6) is 0 Å². The number of rotatable bonds is 3. The van der Waals surface area contributed by atoms with Gasteiger partial charge in [-0.25, -0.2) is 4.98 Å². The van der Waals surface area contributed by atoms with Gasteiger partial charge in [-0.15, -0.1) is 0 Å². The molecule has 0 atom stereocenters. The molecule has 0 spiro atoms. The highest BCUT2D eigenvalue weighted by Gasteiger charge is 2.22. The average molecular weight is 269 g/mol. The number of hydrogen-bond acceptors (Lipinski definition) is 2. The van der Waals surface area contributed by atoms with Crippen molar-refractivity contribution in [2.45, 2.75) is 32.6 Å². The van der Waals surface area contributed by atoms with E-state index in [2.05, 4.69) is 15.3 Å². The molecule has 1 heterocycles. The van der Waals surface area contributed by atoms with E-state index < -0.39 is 0 Å². The first-order valence-electron chi connectivity index (χ1n) is 7.15. The molecule has 1 saturated carbocycles. The molecule has 1 amide bonds. The summed E-state index contributed by atoms with van der Waals surface area (Å²) in [5, 5.41) is 3.03. The zero-order valence-electron chi connectivity index (χ0n) is 11.6. The van der Waals surface area contributed by atoms with Crippen LogP contribution in [0.3, 0.4) is 0 Å². The molecule has 1 aliphatic carbocycles. The number of aromatic amines is 1. The van der Waals surface area contributed by atoms with Crippen molar-refractivity contribution in [3.63, 3.8) is 0 Å². The lowest BCUT2D eigenvalue weighted by molar-refractivity contribution is -0.119. The number of anilines is 1. The first-order valence-corrected chi connectivity index (χ1v) is 7.15. The minimum Gasteiger partial charge on any atom is -0.348 e. The maximum absolute atomic E-state index is 12.1. The van der Waals surface area contributed by atoms with Gasteiger partial charge < -0.3 is 10.3 Å². The zero-order chi connectivity index (χ0) is 13.9. The molecule has 1 fully saturated rings. The lowest BCUT2D eigenvalue weighted by Crippen LogP contribution is -2.20. The third kappa shape index (κ3) is 2.59. The van der Waals surface area contributed by atoms with Gasteiger partial charge in [0.05, 0.1) is 12.0 Å². The predicted molar refractivity (Wildman–Crippen MR) is 79.3 cm³/mol. The molecule has 0 radical (unpaired) electrons. The van der Waals surface area contributed by atoms with Crippen LogP contribution in [0.15, 0.2) is 30.6 Å². The second-order valence-corrected chi connectivity index (χ2v) is 5.43. The molecule has 0 bridgehead atoms. The molecular weight excluding hydrogens is 250 g/mol. The third-order valence-corrected chi connectivity index (χ3v) is 3.96. The van der Waals surface area contributed by atoms with Gasteiger partial charge in [-0.2, -0.15) is 0 Å². The summed E-state index contributed by atoms with van der Waals surface area (Å²) in [6.45, 7) is 1.99. The van der Waals surface area contributed by atoms with Crippen LogP contribution in [0, 0.1) is 12.8 Å². The van der Waals surface area contributed by atoms with Gasteiger partial charge in [-0.05, 0) is 31.9 Å². The maximum atomic E-state index is 12.1. The number of benzene rings is 1. The number of aromatic nitrogens is 2. The Labute approximate surface area is 118 Å². The molecule has 104 valence electrons. The second kappa shape index (κ2) is 5.49. The first-order chi connectivity index (χ1) is 9.74. The average Bonchev–Trinajstić information content (AvgIpc) is 3.10. The molecule has 4 heteroatoms. The number of carbonyl (C=O) groups excluding carboxylic acids is 1. The largest absolute Gasteiger partial charge is 0.348 e. The third-order valence-electron chi connectivity index (χ3n) is 3.96. The lowest BCUT2D eigenvalue weighted by atomic mass is 10.1. The van der Waals surface area contributed by atoms with Gasteiger partial charge in [0.2, 0.25) is 5.91 Å². The van der Waals surface area contributed by atoms with Crippen molar-refractivity contribution in [1.29, 1.82) is 0 Å². The smallest absolute Gasteiger partial charge is 0.227 e. The fourth-order valence-corrected chi connectivity index (χ4v) is 2.83. The Hall–Kier alpha value is -2.10. The Bertz CT molecular complexity index is 612. The van der Waals surface area contributed by atoms with E-state index in [9.17, 15) is 4.79 Å². The van der Waals surface area contributed by atoms with Crippen molar-refractivity contribution in [1.82, 2.24) is 9.97 Å². The number of nitrogens with one attached hydrogen (secondary N) is 2. The van der Waals surface area contributed by atoms with Gasteiger partial charge in [0.15, 0.2) is 0 Å². The standard InChI is InChI=1S/C16H19N3O/c1-11-15(18-10-17-11)13-7-4-8-14(9-13)19-16(20)12-5-2-3-6-12/h4,7-10,12H,2-3,5-6H2,1H3,(H,17,18)(H,19,20). The topological polar surface area (TPSA) is 57.8 Å².